The third-order valence-electron chi connectivity index (χ3n) is 4.72. The van der Waals surface area contributed by atoms with Crippen molar-refractivity contribution in [2.75, 3.05) is 7.11 Å². The van der Waals surface area contributed by atoms with Crippen LogP contribution in [-0.4, -0.2) is 34.1 Å². The fraction of sp³-hybridized carbons (Fsp3) is 0.200. The predicted octanol–water partition coefficient (Wildman–Crippen LogP) is 2.71. The van der Waals surface area contributed by atoms with Crippen molar-refractivity contribution in [3.05, 3.63) is 66.1 Å². The number of carbonyl (C=O) groups is 2. The Morgan fingerprint density at radius 1 is 1.07 bits per heavy atom. The Bertz CT molecular complexity index is 1020. The fourth-order valence-corrected chi connectivity index (χ4v) is 3.11. The second kappa shape index (κ2) is 6.80. The van der Waals surface area contributed by atoms with Gasteiger partial charge < -0.3 is 14.5 Å². The number of hydrogen-bond acceptors (Lipinski definition) is 6. The molecule has 0 radical (unpaired) electrons. The SMILES string of the molecule is COc1ccc(-c2nnc(CN3C(=O)N[C@](C)(c4ccccc4)C3=O)o2)cc1. The summed E-state index contributed by atoms with van der Waals surface area (Å²) in [6.07, 6.45) is 0. The molecule has 28 heavy (non-hydrogen) atoms. The van der Waals surface area contributed by atoms with Crippen LogP contribution in [0.25, 0.3) is 11.5 Å². The van der Waals surface area contributed by atoms with Gasteiger partial charge in [0.2, 0.25) is 11.8 Å². The number of hydrogen-bond donors (Lipinski definition) is 1. The Morgan fingerprint density at radius 2 is 1.79 bits per heavy atom. The van der Waals surface area contributed by atoms with E-state index in [-0.39, 0.29) is 18.3 Å². The molecule has 142 valence electrons. The van der Waals surface area contributed by atoms with Gasteiger partial charge in [-0.15, -0.1) is 10.2 Å². The lowest BCUT2D eigenvalue weighted by Gasteiger charge is -2.21. The lowest BCUT2D eigenvalue weighted by molar-refractivity contribution is -0.131. The largest absolute Gasteiger partial charge is 0.497 e. The van der Waals surface area contributed by atoms with Crippen molar-refractivity contribution in [1.29, 1.82) is 0 Å². The predicted molar refractivity (Wildman–Crippen MR) is 99.2 cm³/mol. The molecule has 1 saturated heterocycles. The minimum absolute atomic E-state index is 0.101. The molecule has 1 aliphatic rings. The van der Waals surface area contributed by atoms with Crippen LogP contribution in [0.3, 0.4) is 0 Å². The van der Waals surface area contributed by atoms with Crippen LogP contribution in [0.5, 0.6) is 5.75 Å². The number of carbonyl (C=O) groups excluding carboxylic acids is 2. The Balaban J connectivity index is 1.54. The number of benzene rings is 2. The van der Waals surface area contributed by atoms with Gasteiger partial charge in [0.1, 0.15) is 17.8 Å². The van der Waals surface area contributed by atoms with Gasteiger partial charge in [-0.3, -0.25) is 9.69 Å². The molecule has 1 aromatic heterocycles. The molecule has 1 fully saturated rings. The zero-order valence-corrected chi connectivity index (χ0v) is 15.4. The van der Waals surface area contributed by atoms with Crippen LogP contribution in [0.2, 0.25) is 0 Å². The molecule has 0 spiro atoms. The molecular weight excluding hydrogens is 360 g/mol. The number of methoxy groups -OCH3 is 1. The second-order valence-electron chi connectivity index (χ2n) is 6.54. The van der Waals surface area contributed by atoms with Crippen LogP contribution in [0.15, 0.2) is 59.0 Å². The lowest BCUT2D eigenvalue weighted by Crippen LogP contribution is -2.40. The van der Waals surface area contributed by atoms with Crippen molar-refractivity contribution in [2.45, 2.75) is 19.0 Å². The highest BCUT2D eigenvalue weighted by atomic mass is 16.5. The molecule has 0 bridgehead atoms. The summed E-state index contributed by atoms with van der Waals surface area (Å²) in [6.45, 7) is 1.58. The first kappa shape index (κ1) is 17.7. The molecule has 0 aliphatic carbocycles. The third-order valence-corrected chi connectivity index (χ3v) is 4.72. The van der Waals surface area contributed by atoms with Gasteiger partial charge in [-0.25, -0.2) is 4.79 Å². The van der Waals surface area contributed by atoms with Gasteiger partial charge in [-0.2, -0.15) is 0 Å². The van der Waals surface area contributed by atoms with E-state index in [1.807, 2.05) is 18.2 Å². The first-order valence-electron chi connectivity index (χ1n) is 8.68. The Morgan fingerprint density at radius 3 is 2.46 bits per heavy atom. The minimum atomic E-state index is -1.13. The normalized spacial score (nSPS) is 19.0. The summed E-state index contributed by atoms with van der Waals surface area (Å²) in [5, 5.41) is 10.7. The van der Waals surface area contributed by atoms with E-state index in [1.54, 1.807) is 50.4 Å². The van der Waals surface area contributed by atoms with Crippen molar-refractivity contribution >= 4 is 11.9 Å². The van der Waals surface area contributed by atoms with E-state index in [0.717, 1.165) is 4.90 Å². The number of aromatic nitrogens is 2. The summed E-state index contributed by atoms with van der Waals surface area (Å²) in [7, 11) is 1.58. The maximum absolute atomic E-state index is 12.9. The smallest absolute Gasteiger partial charge is 0.325 e. The van der Waals surface area contributed by atoms with Crippen LogP contribution in [0.4, 0.5) is 4.79 Å². The Kier molecular flexibility index (Phi) is 4.31. The van der Waals surface area contributed by atoms with Gasteiger partial charge in [-0.05, 0) is 36.8 Å². The number of imide groups is 1. The standard InChI is InChI=1S/C20H18N4O4/c1-20(14-6-4-3-5-7-14)18(25)24(19(26)21-20)12-16-22-23-17(28-16)13-8-10-15(27-2)11-9-13/h3-11H,12H2,1-2H3,(H,21,26)/t20-/m1/s1. The molecule has 3 amide bonds. The molecule has 2 heterocycles. The zero-order chi connectivity index (χ0) is 19.7. The van der Waals surface area contributed by atoms with E-state index in [0.29, 0.717) is 22.8 Å². The summed E-state index contributed by atoms with van der Waals surface area (Å²) in [6, 6.07) is 15.7. The van der Waals surface area contributed by atoms with Gasteiger partial charge in [0.15, 0.2) is 0 Å². The number of nitrogens with zero attached hydrogens (tertiary/aromatic N) is 3. The van der Waals surface area contributed by atoms with Crippen molar-refractivity contribution in [3.63, 3.8) is 0 Å². The van der Waals surface area contributed by atoms with Crippen LogP contribution >= 0.6 is 0 Å². The fourth-order valence-electron chi connectivity index (χ4n) is 3.11. The number of rotatable bonds is 5. The van der Waals surface area contributed by atoms with Crippen molar-refractivity contribution in [2.24, 2.45) is 0 Å². The van der Waals surface area contributed by atoms with E-state index in [2.05, 4.69) is 15.5 Å². The van der Waals surface area contributed by atoms with Gasteiger partial charge in [-0.1, -0.05) is 30.3 Å². The summed E-state index contributed by atoms with van der Waals surface area (Å²) < 4.78 is 10.8. The summed E-state index contributed by atoms with van der Waals surface area (Å²) >= 11 is 0. The van der Waals surface area contributed by atoms with Crippen molar-refractivity contribution in [1.82, 2.24) is 20.4 Å². The number of urea groups is 1. The van der Waals surface area contributed by atoms with Gasteiger partial charge in [0.05, 0.1) is 7.11 Å². The number of ether oxygens (including phenoxy) is 1. The highest BCUT2D eigenvalue weighted by Gasteiger charge is 2.49. The maximum Gasteiger partial charge on any atom is 0.325 e. The van der Waals surface area contributed by atoms with Gasteiger partial charge in [0.25, 0.3) is 5.91 Å². The van der Waals surface area contributed by atoms with Crippen molar-refractivity contribution in [3.8, 4) is 17.2 Å². The second-order valence-corrected chi connectivity index (χ2v) is 6.54. The first-order valence-corrected chi connectivity index (χ1v) is 8.68. The minimum Gasteiger partial charge on any atom is -0.497 e. The molecule has 1 N–H and O–H groups in total. The van der Waals surface area contributed by atoms with E-state index >= 15 is 0 Å². The number of nitrogens with one attached hydrogen (secondary N) is 1. The highest BCUT2D eigenvalue weighted by Crippen LogP contribution is 2.30. The molecule has 8 nitrogen and oxygen atoms in total. The molecule has 1 atom stereocenters. The molecule has 1 aliphatic heterocycles. The molecule has 8 heteroatoms. The Hall–Kier alpha value is -3.68. The van der Waals surface area contributed by atoms with Crippen LogP contribution < -0.4 is 10.1 Å². The molecule has 3 aromatic rings. The van der Waals surface area contributed by atoms with Crippen LogP contribution in [0, 0.1) is 0 Å². The number of amides is 3. The quantitative estimate of drug-likeness (QED) is 0.686. The topological polar surface area (TPSA) is 97.6 Å². The highest BCUT2D eigenvalue weighted by molar-refractivity contribution is 6.07. The monoisotopic (exact) mass is 378 g/mol. The lowest BCUT2D eigenvalue weighted by atomic mass is 9.92. The van der Waals surface area contributed by atoms with Crippen molar-refractivity contribution < 1.29 is 18.7 Å². The van der Waals surface area contributed by atoms with Gasteiger partial charge in [0, 0.05) is 5.56 Å². The molecule has 2 aromatic carbocycles. The van der Waals surface area contributed by atoms with Crippen LogP contribution in [-0.2, 0) is 16.9 Å². The maximum atomic E-state index is 12.9. The third kappa shape index (κ3) is 2.98. The average molecular weight is 378 g/mol. The molecule has 0 saturated carbocycles. The van der Waals surface area contributed by atoms with Crippen LogP contribution in [0.1, 0.15) is 18.4 Å². The molecular formula is C20H18N4O4. The van der Waals surface area contributed by atoms with E-state index < -0.39 is 11.6 Å². The summed E-state index contributed by atoms with van der Waals surface area (Å²) in [5.41, 5.74) is 0.295. The summed E-state index contributed by atoms with van der Waals surface area (Å²) in [4.78, 5) is 26.4. The van der Waals surface area contributed by atoms with E-state index in [1.165, 1.54) is 0 Å². The average Bonchev–Trinajstić information content (AvgIpc) is 3.28. The molecule has 0 unspecified atom stereocenters. The zero-order valence-electron chi connectivity index (χ0n) is 15.4. The summed E-state index contributed by atoms with van der Waals surface area (Å²) in [5.74, 6) is 0.818. The van der Waals surface area contributed by atoms with E-state index in [4.69, 9.17) is 9.15 Å². The Labute approximate surface area is 161 Å². The first-order chi connectivity index (χ1) is 13.5. The molecule has 4 rings (SSSR count). The van der Waals surface area contributed by atoms with Gasteiger partial charge >= 0.3 is 6.03 Å². The van der Waals surface area contributed by atoms with E-state index in [9.17, 15) is 9.59 Å².